The first-order valence-corrected chi connectivity index (χ1v) is 9.69. The van der Waals surface area contributed by atoms with Crippen LogP contribution in [0.4, 0.5) is 5.69 Å². The Morgan fingerprint density at radius 1 is 1.29 bits per heavy atom. The molecule has 3 aromatic rings. The highest BCUT2D eigenvalue weighted by molar-refractivity contribution is 6.00. The van der Waals surface area contributed by atoms with Gasteiger partial charge in [-0.1, -0.05) is 12.1 Å². The van der Waals surface area contributed by atoms with Crippen LogP contribution >= 0.6 is 0 Å². The zero-order valence-corrected chi connectivity index (χ0v) is 16.1. The van der Waals surface area contributed by atoms with Crippen LogP contribution < -0.4 is 5.32 Å². The van der Waals surface area contributed by atoms with Gasteiger partial charge in [-0.3, -0.25) is 9.48 Å². The van der Waals surface area contributed by atoms with Gasteiger partial charge in [0, 0.05) is 26.3 Å². The molecule has 4 heterocycles. The van der Waals surface area contributed by atoms with Gasteiger partial charge in [0.05, 0.1) is 35.6 Å². The van der Waals surface area contributed by atoms with Crippen LogP contribution in [0.1, 0.15) is 41.1 Å². The summed E-state index contributed by atoms with van der Waals surface area (Å²) in [7, 11) is 1.88. The molecule has 8 nitrogen and oxygen atoms in total. The van der Waals surface area contributed by atoms with E-state index >= 15 is 0 Å². The first-order chi connectivity index (χ1) is 13.6. The van der Waals surface area contributed by atoms with Crippen molar-refractivity contribution in [2.45, 2.75) is 32.4 Å². The predicted molar refractivity (Wildman–Crippen MR) is 105 cm³/mol. The fourth-order valence-corrected chi connectivity index (χ4v) is 4.28. The highest BCUT2D eigenvalue weighted by atomic mass is 16.2. The first-order valence-electron chi connectivity index (χ1n) is 9.69. The van der Waals surface area contributed by atoms with Crippen molar-refractivity contribution in [3.05, 3.63) is 47.5 Å². The first kappa shape index (κ1) is 17.0. The normalized spacial score (nSPS) is 18.4. The van der Waals surface area contributed by atoms with E-state index in [1.165, 1.54) is 5.56 Å². The number of carbonyl (C=O) groups is 1. The molecule has 28 heavy (non-hydrogen) atoms. The van der Waals surface area contributed by atoms with Gasteiger partial charge in [0.25, 0.3) is 5.91 Å². The number of anilines is 1. The fraction of sp³-hybridized carbons (Fsp3) is 0.400. The van der Waals surface area contributed by atoms with Gasteiger partial charge in [0.15, 0.2) is 11.6 Å². The maximum atomic E-state index is 13.3. The number of nitrogens with zero attached hydrogens (tertiary/aromatic N) is 6. The zero-order chi connectivity index (χ0) is 19.3. The summed E-state index contributed by atoms with van der Waals surface area (Å²) in [6, 6.07) is 6.10. The van der Waals surface area contributed by atoms with Crippen molar-refractivity contribution < 1.29 is 4.79 Å². The molecule has 0 radical (unpaired) electrons. The fourth-order valence-electron chi connectivity index (χ4n) is 4.28. The largest absolute Gasteiger partial charge is 0.384 e. The number of aryl methyl sites for hydroxylation is 2. The zero-order valence-electron chi connectivity index (χ0n) is 16.1. The van der Waals surface area contributed by atoms with Crippen LogP contribution in [-0.2, 0) is 20.0 Å². The van der Waals surface area contributed by atoms with Crippen LogP contribution in [0.2, 0.25) is 0 Å². The molecule has 1 N–H and O–H groups in total. The summed E-state index contributed by atoms with van der Waals surface area (Å²) in [5.74, 6) is 1.67. The van der Waals surface area contributed by atoms with Crippen LogP contribution in [-0.4, -0.2) is 48.4 Å². The monoisotopic (exact) mass is 377 g/mol. The Bertz CT molecular complexity index is 1050. The van der Waals surface area contributed by atoms with E-state index in [0.29, 0.717) is 13.1 Å². The van der Waals surface area contributed by atoms with Crippen LogP contribution in [0.3, 0.4) is 0 Å². The Labute approximate surface area is 163 Å². The Kier molecular flexibility index (Phi) is 3.92. The molecule has 5 rings (SSSR count). The molecule has 0 aliphatic carbocycles. The molecule has 2 aromatic heterocycles. The van der Waals surface area contributed by atoms with Crippen molar-refractivity contribution in [2.75, 3.05) is 18.4 Å². The second kappa shape index (κ2) is 6.47. The van der Waals surface area contributed by atoms with Gasteiger partial charge >= 0.3 is 0 Å². The summed E-state index contributed by atoms with van der Waals surface area (Å²) in [6.45, 7) is 4.10. The molecule has 0 spiro atoms. The molecule has 2 aliphatic heterocycles. The smallest absolute Gasteiger partial charge is 0.256 e. The number of para-hydroxylation sites is 1. The van der Waals surface area contributed by atoms with Crippen molar-refractivity contribution in [3.63, 3.8) is 0 Å². The lowest BCUT2D eigenvalue weighted by Crippen LogP contribution is -2.41. The molecule has 2 aliphatic rings. The van der Waals surface area contributed by atoms with E-state index in [1.807, 2.05) is 30.3 Å². The van der Waals surface area contributed by atoms with Crippen LogP contribution in [0.15, 0.2) is 30.6 Å². The summed E-state index contributed by atoms with van der Waals surface area (Å²) in [4.78, 5) is 15.2. The van der Waals surface area contributed by atoms with Gasteiger partial charge in [-0.25, -0.2) is 0 Å². The second-order valence-corrected chi connectivity index (χ2v) is 7.62. The van der Waals surface area contributed by atoms with Gasteiger partial charge in [0.1, 0.15) is 0 Å². The van der Waals surface area contributed by atoms with E-state index in [1.54, 1.807) is 10.9 Å². The lowest BCUT2D eigenvalue weighted by molar-refractivity contribution is 0.0683. The van der Waals surface area contributed by atoms with Crippen molar-refractivity contribution in [1.29, 1.82) is 0 Å². The minimum Gasteiger partial charge on any atom is -0.384 e. The number of fused-ring (bicyclic) bond motifs is 2. The van der Waals surface area contributed by atoms with Crippen LogP contribution in [0.25, 0.3) is 11.4 Å². The third kappa shape index (κ3) is 2.67. The van der Waals surface area contributed by atoms with Gasteiger partial charge in [-0.05, 0) is 31.4 Å². The Morgan fingerprint density at radius 3 is 3.00 bits per heavy atom. The van der Waals surface area contributed by atoms with Crippen molar-refractivity contribution in [2.24, 2.45) is 7.05 Å². The summed E-state index contributed by atoms with van der Waals surface area (Å²) in [5.41, 5.74) is 3.91. The number of aromatic nitrogens is 5. The molecule has 1 atom stereocenters. The standard InChI is InChI=1S/C20H23N7O/c1-13-10-26(20(28)16-7-3-5-14-6-4-8-21-18(14)16)12-17-23-24-19(27(13)17)15-9-22-25(2)11-15/h3,5,7,9,11,13,21H,4,6,8,10,12H2,1-2H3/t13-/m0/s1. The molecule has 1 aromatic carbocycles. The minimum atomic E-state index is 0.0512. The SMILES string of the molecule is C[C@H]1CN(C(=O)c2cccc3c2NCCC3)Cc2nnc(-c3cnn(C)c3)n21. The number of hydrogen-bond donors (Lipinski definition) is 1. The Morgan fingerprint density at radius 2 is 2.18 bits per heavy atom. The third-order valence-corrected chi connectivity index (χ3v) is 5.58. The highest BCUT2D eigenvalue weighted by Gasteiger charge is 2.31. The van der Waals surface area contributed by atoms with Gasteiger partial charge < -0.3 is 14.8 Å². The summed E-state index contributed by atoms with van der Waals surface area (Å²) in [5, 5.41) is 16.4. The van der Waals surface area contributed by atoms with Crippen molar-refractivity contribution in [1.82, 2.24) is 29.4 Å². The molecule has 0 saturated carbocycles. The number of benzene rings is 1. The molecular formula is C20H23N7O. The summed E-state index contributed by atoms with van der Waals surface area (Å²) < 4.78 is 3.88. The maximum absolute atomic E-state index is 13.3. The quantitative estimate of drug-likeness (QED) is 0.741. The average molecular weight is 377 g/mol. The maximum Gasteiger partial charge on any atom is 0.256 e. The van der Waals surface area contributed by atoms with E-state index < -0.39 is 0 Å². The van der Waals surface area contributed by atoms with E-state index in [-0.39, 0.29) is 11.9 Å². The van der Waals surface area contributed by atoms with Gasteiger partial charge in [-0.2, -0.15) is 5.10 Å². The van der Waals surface area contributed by atoms with E-state index in [0.717, 1.165) is 47.8 Å². The topological polar surface area (TPSA) is 80.9 Å². The Balaban J connectivity index is 1.46. The Hall–Kier alpha value is -3.16. The van der Waals surface area contributed by atoms with Gasteiger partial charge in [0.2, 0.25) is 0 Å². The molecule has 144 valence electrons. The lowest BCUT2D eigenvalue weighted by atomic mass is 9.98. The minimum absolute atomic E-state index is 0.0512. The molecule has 0 bridgehead atoms. The van der Waals surface area contributed by atoms with Gasteiger partial charge in [-0.15, -0.1) is 10.2 Å². The average Bonchev–Trinajstić information content (AvgIpc) is 3.33. The molecule has 0 saturated heterocycles. The number of hydrogen-bond acceptors (Lipinski definition) is 5. The number of rotatable bonds is 2. The number of carbonyl (C=O) groups excluding carboxylic acids is 1. The number of amides is 1. The van der Waals surface area contributed by atoms with Crippen molar-refractivity contribution in [3.8, 4) is 11.4 Å². The molecular weight excluding hydrogens is 354 g/mol. The summed E-state index contributed by atoms with van der Waals surface area (Å²) in [6.07, 6.45) is 5.85. The van der Waals surface area contributed by atoms with Crippen molar-refractivity contribution >= 4 is 11.6 Å². The predicted octanol–water partition coefficient (Wildman–Crippen LogP) is 2.25. The molecule has 1 amide bonds. The second-order valence-electron chi connectivity index (χ2n) is 7.62. The highest BCUT2D eigenvalue weighted by Crippen LogP contribution is 2.31. The molecule has 0 fully saturated rings. The lowest BCUT2D eigenvalue weighted by Gasteiger charge is -2.33. The van der Waals surface area contributed by atoms with E-state index in [9.17, 15) is 4.79 Å². The van der Waals surface area contributed by atoms with E-state index in [4.69, 9.17) is 0 Å². The molecule has 0 unspecified atom stereocenters. The van der Waals surface area contributed by atoms with E-state index in [2.05, 4.69) is 38.2 Å². The van der Waals surface area contributed by atoms with Crippen LogP contribution in [0.5, 0.6) is 0 Å². The molecule has 8 heteroatoms. The number of nitrogens with one attached hydrogen (secondary N) is 1. The third-order valence-electron chi connectivity index (χ3n) is 5.58. The van der Waals surface area contributed by atoms with Crippen LogP contribution in [0, 0.1) is 0 Å². The summed E-state index contributed by atoms with van der Waals surface area (Å²) >= 11 is 0.